The van der Waals surface area contributed by atoms with Gasteiger partial charge in [0, 0.05) is 22.7 Å². The van der Waals surface area contributed by atoms with Crippen molar-refractivity contribution < 1.29 is 9.72 Å². The molecule has 1 aromatic carbocycles. The molecule has 3 rings (SSSR count). The Balaban J connectivity index is 1.64. The van der Waals surface area contributed by atoms with Gasteiger partial charge in [0.25, 0.3) is 11.2 Å². The number of rotatable bonds is 5. The number of H-pyrrole nitrogens is 1. The molecule has 0 radical (unpaired) electrons. The maximum Gasteiger partial charge on any atom is 0.269 e. The lowest BCUT2D eigenvalue weighted by molar-refractivity contribution is -0.384. The number of aromatic nitrogens is 2. The summed E-state index contributed by atoms with van der Waals surface area (Å²) in [6, 6.07) is 7.33. The molecule has 0 spiro atoms. The van der Waals surface area contributed by atoms with Gasteiger partial charge in [0.1, 0.15) is 4.83 Å². The summed E-state index contributed by atoms with van der Waals surface area (Å²) in [6.45, 7) is 1.90. The summed E-state index contributed by atoms with van der Waals surface area (Å²) in [5.41, 5.74) is 0.184. The Morgan fingerprint density at radius 1 is 1.40 bits per heavy atom. The van der Waals surface area contributed by atoms with E-state index < -0.39 is 4.92 Å². The number of aromatic amines is 1. The Hall–Kier alpha value is -2.72. The van der Waals surface area contributed by atoms with Gasteiger partial charge in [-0.15, -0.1) is 11.3 Å². The first-order chi connectivity index (χ1) is 11.9. The number of amides is 1. The van der Waals surface area contributed by atoms with E-state index in [9.17, 15) is 19.7 Å². The lowest BCUT2D eigenvalue weighted by Gasteiger charge is -2.04. The number of carbonyl (C=O) groups excluding carboxylic acids is 1. The van der Waals surface area contributed by atoms with E-state index in [-0.39, 0.29) is 22.9 Å². The summed E-state index contributed by atoms with van der Waals surface area (Å²) >= 11 is 2.53. The van der Waals surface area contributed by atoms with Gasteiger partial charge in [-0.25, -0.2) is 4.98 Å². The van der Waals surface area contributed by atoms with Crippen molar-refractivity contribution in [3.63, 3.8) is 0 Å². The zero-order valence-electron chi connectivity index (χ0n) is 12.9. The Labute approximate surface area is 149 Å². The van der Waals surface area contributed by atoms with Gasteiger partial charge in [0.05, 0.1) is 16.1 Å². The number of nitro groups is 1. The molecule has 0 aliphatic heterocycles. The minimum Gasteiger partial charge on any atom is -0.325 e. The largest absolute Gasteiger partial charge is 0.325 e. The van der Waals surface area contributed by atoms with Crippen molar-refractivity contribution in [3.8, 4) is 0 Å². The van der Waals surface area contributed by atoms with E-state index in [1.165, 1.54) is 35.6 Å². The SMILES string of the molecule is Cc1cc2c(=O)[nH]c(SCC(=O)Nc3ccc([N+](=O)[O-])cc3)nc2s1. The Morgan fingerprint density at radius 2 is 2.12 bits per heavy atom. The first-order valence-corrected chi connectivity index (χ1v) is 8.90. The summed E-state index contributed by atoms with van der Waals surface area (Å²) in [4.78, 5) is 42.7. The normalized spacial score (nSPS) is 10.8. The van der Waals surface area contributed by atoms with Crippen LogP contribution in [0, 0.1) is 17.0 Å². The van der Waals surface area contributed by atoms with E-state index in [0.717, 1.165) is 16.6 Å². The number of nitro benzene ring substituents is 1. The van der Waals surface area contributed by atoms with E-state index in [0.29, 0.717) is 21.1 Å². The number of aryl methyl sites for hydroxylation is 1. The number of nitrogens with zero attached hydrogens (tertiary/aromatic N) is 2. The van der Waals surface area contributed by atoms with E-state index in [2.05, 4.69) is 15.3 Å². The fraction of sp³-hybridized carbons (Fsp3) is 0.133. The number of hydrogen-bond acceptors (Lipinski definition) is 7. The molecule has 8 nitrogen and oxygen atoms in total. The maximum atomic E-state index is 12.0. The first-order valence-electron chi connectivity index (χ1n) is 7.10. The van der Waals surface area contributed by atoms with E-state index in [4.69, 9.17) is 0 Å². The molecule has 3 aromatic rings. The molecule has 0 aliphatic carbocycles. The molecule has 0 unspecified atom stereocenters. The van der Waals surface area contributed by atoms with Gasteiger partial charge in [-0.2, -0.15) is 0 Å². The number of thioether (sulfide) groups is 1. The zero-order valence-corrected chi connectivity index (χ0v) is 14.6. The van der Waals surface area contributed by atoms with Crippen LogP contribution in [0.4, 0.5) is 11.4 Å². The average molecular weight is 376 g/mol. The highest BCUT2D eigenvalue weighted by molar-refractivity contribution is 7.99. The number of carbonyl (C=O) groups is 1. The number of hydrogen-bond donors (Lipinski definition) is 2. The molecular weight excluding hydrogens is 364 g/mol. The quantitative estimate of drug-likeness (QED) is 0.306. The van der Waals surface area contributed by atoms with Gasteiger partial charge in [-0.05, 0) is 25.1 Å². The fourth-order valence-corrected chi connectivity index (χ4v) is 3.70. The summed E-state index contributed by atoms with van der Waals surface area (Å²) in [5.74, 6) is -0.251. The Kier molecular flexibility index (Phi) is 4.81. The molecule has 25 heavy (non-hydrogen) atoms. The molecule has 2 N–H and O–H groups in total. The van der Waals surface area contributed by atoms with Crippen LogP contribution in [0.2, 0.25) is 0 Å². The molecule has 0 saturated carbocycles. The molecule has 0 atom stereocenters. The third kappa shape index (κ3) is 4.03. The summed E-state index contributed by atoms with van der Waals surface area (Å²) < 4.78 is 0. The van der Waals surface area contributed by atoms with Crippen molar-refractivity contribution in [2.45, 2.75) is 12.1 Å². The van der Waals surface area contributed by atoms with Crippen LogP contribution in [0.25, 0.3) is 10.2 Å². The summed E-state index contributed by atoms with van der Waals surface area (Å²) in [7, 11) is 0. The molecule has 2 heterocycles. The van der Waals surface area contributed by atoms with Gasteiger partial charge < -0.3 is 10.3 Å². The second-order valence-electron chi connectivity index (χ2n) is 5.09. The highest BCUT2D eigenvalue weighted by atomic mass is 32.2. The highest BCUT2D eigenvalue weighted by Crippen LogP contribution is 2.22. The van der Waals surface area contributed by atoms with Crippen LogP contribution in [0.15, 0.2) is 40.3 Å². The molecule has 128 valence electrons. The lowest BCUT2D eigenvalue weighted by atomic mass is 10.3. The van der Waals surface area contributed by atoms with Crippen molar-refractivity contribution in [2.75, 3.05) is 11.1 Å². The Bertz CT molecular complexity index is 1010. The number of nitrogens with one attached hydrogen (secondary N) is 2. The average Bonchev–Trinajstić information content (AvgIpc) is 2.94. The Morgan fingerprint density at radius 3 is 2.80 bits per heavy atom. The molecule has 0 bridgehead atoms. The van der Waals surface area contributed by atoms with Crippen molar-refractivity contribution in [3.05, 3.63) is 55.7 Å². The smallest absolute Gasteiger partial charge is 0.269 e. The van der Waals surface area contributed by atoms with E-state index in [1.807, 2.05) is 6.92 Å². The topological polar surface area (TPSA) is 118 Å². The molecular formula is C15H12N4O4S2. The van der Waals surface area contributed by atoms with Crippen LogP contribution < -0.4 is 10.9 Å². The molecule has 10 heteroatoms. The molecule has 0 aliphatic rings. The summed E-state index contributed by atoms with van der Waals surface area (Å²) in [5, 5.41) is 14.1. The number of benzene rings is 1. The predicted octanol–water partition coefficient (Wildman–Crippen LogP) is 2.93. The van der Waals surface area contributed by atoms with Crippen LogP contribution in [-0.4, -0.2) is 26.6 Å². The number of anilines is 1. The van der Waals surface area contributed by atoms with Crippen LogP contribution in [0.1, 0.15) is 4.88 Å². The third-order valence-electron chi connectivity index (χ3n) is 3.21. The lowest BCUT2D eigenvalue weighted by Crippen LogP contribution is -2.15. The third-order valence-corrected chi connectivity index (χ3v) is 5.02. The number of fused-ring (bicyclic) bond motifs is 1. The van der Waals surface area contributed by atoms with Crippen LogP contribution in [-0.2, 0) is 4.79 Å². The number of non-ortho nitro benzene ring substituents is 1. The van der Waals surface area contributed by atoms with E-state index >= 15 is 0 Å². The number of thiophene rings is 1. The standard InChI is InChI=1S/C15H12N4O4S2/c1-8-6-11-13(21)17-15(18-14(11)25-8)24-7-12(20)16-9-2-4-10(5-3-9)19(22)23/h2-6H,7H2,1H3,(H,16,20)(H,17,18,21). The molecule has 1 amide bonds. The van der Waals surface area contributed by atoms with Crippen LogP contribution in [0.5, 0.6) is 0 Å². The van der Waals surface area contributed by atoms with Crippen molar-refractivity contribution in [1.82, 2.24) is 9.97 Å². The second-order valence-corrected chi connectivity index (χ2v) is 7.29. The van der Waals surface area contributed by atoms with Gasteiger partial charge in [0.15, 0.2) is 5.16 Å². The second kappa shape index (κ2) is 7.03. The van der Waals surface area contributed by atoms with Crippen molar-refractivity contribution in [2.24, 2.45) is 0 Å². The summed E-state index contributed by atoms with van der Waals surface area (Å²) in [6.07, 6.45) is 0. The van der Waals surface area contributed by atoms with Crippen LogP contribution in [0.3, 0.4) is 0 Å². The van der Waals surface area contributed by atoms with E-state index in [1.54, 1.807) is 6.07 Å². The van der Waals surface area contributed by atoms with Crippen LogP contribution >= 0.6 is 23.1 Å². The minimum atomic E-state index is -0.508. The monoisotopic (exact) mass is 376 g/mol. The van der Waals surface area contributed by atoms with Gasteiger partial charge >= 0.3 is 0 Å². The van der Waals surface area contributed by atoms with Gasteiger partial charge in [-0.3, -0.25) is 19.7 Å². The van der Waals surface area contributed by atoms with Crippen molar-refractivity contribution >= 4 is 50.6 Å². The fourth-order valence-electron chi connectivity index (χ4n) is 2.10. The predicted molar refractivity (Wildman–Crippen MR) is 97.4 cm³/mol. The van der Waals surface area contributed by atoms with Gasteiger partial charge in [-0.1, -0.05) is 11.8 Å². The first kappa shape index (κ1) is 17.1. The van der Waals surface area contributed by atoms with Gasteiger partial charge in [0.2, 0.25) is 5.91 Å². The molecule has 2 aromatic heterocycles. The zero-order chi connectivity index (χ0) is 18.0. The minimum absolute atomic E-state index is 0.0475. The van der Waals surface area contributed by atoms with Crippen molar-refractivity contribution in [1.29, 1.82) is 0 Å². The molecule has 0 fully saturated rings. The maximum absolute atomic E-state index is 12.0. The highest BCUT2D eigenvalue weighted by Gasteiger charge is 2.10. The molecule has 0 saturated heterocycles.